The number of ether oxygens (including phenoxy) is 1. The second kappa shape index (κ2) is 5.40. The molecular formula is C14H20N2O2. The molecule has 0 spiro atoms. The van der Waals surface area contributed by atoms with Crippen molar-refractivity contribution in [2.75, 3.05) is 13.7 Å². The van der Waals surface area contributed by atoms with Crippen LogP contribution in [-0.2, 0) is 4.79 Å². The molecule has 98 valence electrons. The fraction of sp³-hybridized carbons (Fsp3) is 0.500. The Balaban J connectivity index is 2.33. The number of methoxy groups -OCH3 is 1. The number of amides is 1. The quantitative estimate of drug-likeness (QED) is 0.885. The van der Waals surface area contributed by atoms with Gasteiger partial charge in [-0.3, -0.25) is 10.1 Å². The lowest BCUT2D eigenvalue weighted by atomic mass is 10.1. The highest BCUT2D eigenvalue weighted by atomic mass is 16.5. The van der Waals surface area contributed by atoms with Gasteiger partial charge in [0.1, 0.15) is 11.9 Å². The van der Waals surface area contributed by atoms with Crippen LogP contribution in [0.5, 0.6) is 5.75 Å². The van der Waals surface area contributed by atoms with Gasteiger partial charge in [-0.1, -0.05) is 25.1 Å². The van der Waals surface area contributed by atoms with Crippen LogP contribution >= 0.6 is 0 Å². The van der Waals surface area contributed by atoms with Crippen LogP contribution in [0.3, 0.4) is 0 Å². The number of nitrogens with one attached hydrogen (secondary N) is 1. The van der Waals surface area contributed by atoms with Crippen molar-refractivity contribution < 1.29 is 9.53 Å². The zero-order valence-electron chi connectivity index (χ0n) is 11.1. The SMILES string of the molecule is CCCN1C(=O)C(C)NC1c1ccccc1OC. The van der Waals surface area contributed by atoms with E-state index >= 15 is 0 Å². The van der Waals surface area contributed by atoms with Gasteiger partial charge in [0, 0.05) is 12.1 Å². The summed E-state index contributed by atoms with van der Waals surface area (Å²) in [5, 5.41) is 3.33. The fourth-order valence-electron chi connectivity index (χ4n) is 2.40. The van der Waals surface area contributed by atoms with Crippen molar-refractivity contribution in [2.45, 2.75) is 32.5 Å². The van der Waals surface area contributed by atoms with Crippen LogP contribution in [0, 0.1) is 0 Å². The maximum Gasteiger partial charge on any atom is 0.241 e. The summed E-state index contributed by atoms with van der Waals surface area (Å²) in [5.41, 5.74) is 1.02. The van der Waals surface area contributed by atoms with Crippen LogP contribution in [0.1, 0.15) is 32.0 Å². The molecule has 1 amide bonds. The molecule has 4 nitrogen and oxygen atoms in total. The van der Waals surface area contributed by atoms with E-state index in [1.165, 1.54) is 0 Å². The third kappa shape index (κ3) is 2.20. The van der Waals surface area contributed by atoms with Gasteiger partial charge in [-0.2, -0.15) is 0 Å². The Morgan fingerprint density at radius 2 is 2.11 bits per heavy atom. The minimum Gasteiger partial charge on any atom is -0.496 e. The zero-order valence-corrected chi connectivity index (χ0v) is 11.1. The molecule has 0 aromatic heterocycles. The summed E-state index contributed by atoms with van der Waals surface area (Å²) < 4.78 is 5.38. The molecule has 1 saturated heterocycles. The molecule has 0 bridgehead atoms. The number of hydrogen-bond acceptors (Lipinski definition) is 3. The van der Waals surface area contributed by atoms with Gasteiger partial charge in [-0.05, 0) is 19.4 Å². The number of carbonyl (C=O) groups excluding carboxylic acids is 1. The van der Waals surface area contributed by atoms with E-state index in [9.17, 15) is 4.79 Å². The van der Waals surface area contributed by atoms with Gasteiger partial charge in [-0.25, -0.2) is 0 Å². The minimum atomic E-state index is -0.133. The first kappa shape index (κ1) is 12.9. The highest BCUT2D eigenvalue weighted by molar-refractivity contribution is 5.84. The van der Waals surface area contributed by atoms with E-state index in [4.69, 9.17) is 4.74 Å². The van der Waals surface area contributed by atoms with E-state index in [2.05, 4.69) is 12.2 Å². The van der Waals surface area contributed by atoms with Gasteiger partial charge in [0.05, 0.1) is 13.2 Å². The minimum absolute atomic E-state index is 0.0800. The first-order chi connectivity index (χ1) is 8.69. The van der Waals surface area contributed by atoms with Crippen molar-refractivity contribution in [3.63, 3.8) is 0 Å². The van der Waals surface area contributed by atoms with E-state index in [-0.39, 0.29) is 18.1 Å². The van der Waals surface area contributed by atoms with Crippen molar-refractivity contribution in [1.29, 1.82) is 0 Å². The molecule has 0 radical (unpaired) electrons. The smallest absolute Gasteiger partial charge is 0.241 e. The lowest BCUT2D eigenvalue weighted by Gasteiger charge is -2.25. The van der Waals surface area contributed by atoms with Crippen LogP contribution < -0.4 is 10.1 Å². The number of rotatable bonds is 4. The third-order valence-corrected chi connectivity index (χ3v) is 3.27. The second-order valence-corrected chi connectivity index (χ2v) is 4.56. The number of nitrogens with zero attached hydrogens (tertiary/aromatic N) is 1. The molecule has 1 aliphatic rings. The molecule has 1 aromatic carbocycles. The van der Waals surface area contributed by atoms with Gasteiger partial charge in [0.15, 0.2) is 0 Å². The van der Waals surface area contributed by atoms with Gasteiger partial charge < -0.3 is 9.64 Å². The van der Waals surface area contributed by atoms with Crippen LogP contribution in [-0.4, -0.2) is 30.5 Å². The summed E-state index contributed by atoms with van der Waals surface area (Å²) in [6.07, 6.45) is 0.870. The Labute approximate surface area is 108 Å². The molecule has 1 aliphatic heterocycles. The Morgan fingerprint density at radius 3 is 2.78 bits per heavy atom. The molecule has 2 unspecified atom stereocenters. The Kier molecular flexibility index (Phi) is 3.87. The Bertz CT molecular complexity index is 434. The average Bonchev–Trinajstić information content (AvgIpc) is 2.67. The zero-order chi connectivity index (χ0) is 13.1. The molecule has 2 atom stereocenters. The summed E-state index contributed by atoms with van der Waals surface area (Å²) in [5.74, 6) is 0.978. The molecule has 18 heavy (non-hydrogen) atoms. The summed E-state index contributed by atoms with van der Waals surface area (Å²) in [6, 6.07) is 7.70. The summed E-state index contributed by atoms with van der Waals surface area (Å²) in [6.45, 7) is 4.74. The standard InChI is InChI=1S/C14H20N2O2/c1-4-9-16-13(15-10(2)14(16)17)11-7-5-6-8-12(11)18-3/h5-8,10,13,15H,4,9H2,1-3H3. The van der Waals surface area contributed by atoms with Gasteiger partial charge >= 0.3 is 0 Å². The number of para-hydroxylation sites is 1. The monoisotopic (exact) mass is 248 g/mol. The molecule has 4 heteroatoms. The van der Waals surface area contributed by atoms with Crippen molar-refractivity contribution in [1.82, 2.24) is 10.2 Å². The molecule has 2 rings (SSSR count). The largest absolute Gasteiger partial charge is 0.496 e. The van der Waals surface area contributed by atoms with E-state index in [0.29, 0.717) is 0 Å². The first-order valence-electron chi connectivity index (χ1n) is 6.38. The summed E-state index contributed by atoms with van der Waals surface area (Å²) in [7, 11) is 1.66. The fourth-order valence-corrected chi connectivity index (χ4v) is 2.40. The van der Waals surface area contributed by atoms with Crippen molar-refractivity contribution in [3.05, 3.63) is 29.8 Å². The molecular weight excluding hydrogens is 228 g/mol. The number of carbonyl (C=O) groups is 1. The van der Waals surface area contributed by atoms with Gasteiger partial charge in [-0.15, -0.1) is 0 Å². The topological polar surface area (TPSA) is 41.6 Å². The van der Waals surface area contributed by atoms with Gasteiger partial charge in [0.25, 0.3) is 0 Å². The summed E-state index contributed by atoms with van der Waals surface area (Å²) in [4.78, 5) is 14.0. The predicted octanol–water partition coefficient (Wildman–Crippen LogP) is 1.92. The highest BCUT2D eigenvalue weighted by Gasteiger charge is 2.37. The Morgan fingerprint density at radius 1 is 1.39 bits per heavy atom. The van der Waals surface area contributed by atoms with E-state index < -0.39 is 0 Å². The van der Waals surface area contributed by atoms with Crippen LogP contribution in [0.15, 0.2) is 24.3 Å². The Hall–Kier alpha value is -1.55. The number of hydrogen-bond donors (Lipinski definition) is 1. The number of benzene rings is 1. The molecule has 1 N–H and O–H groups in total. The molecule has 1 aromatic rings. The van der Waals surface area contributed by atoms with Crippen molar-refractivity contribution in [2.24, 2.45) is 0 Å². The molecule has 1 heterocycles. The van der Waals surface area contributed by atoms with E-state index in [1.807, 2.05) is 36.1 Å². The maximum atomic E-state index is 12.1. The van der Waals surface area contributed by atoms with Crippen LogP contribution in [0.4, 0.5) is 0 Å². The predicted molar refractivity (Wildman–Crippen MR) is 70.3 cm³/mol. The van der Waals surface area contributed by atoms with E-state index in [1.54, 1.807) is 7.11 Å². The molecule has 0 aliphatic carbocycles. The normalized spacial score (nSPS) is 23.5. The second-order valence-electron chi connectivity index (χ2n) is 4.56. The van der Waals surface area contributed by atoms with E-state index in [0.717, 1.165) is 24.3 Å². The maximum absolute atomic E-state index is 12.1. The lowest BCUT2D eigenvalue weighted by Crippen LogP contribution is -2.31. The first-order valence-corrected chi connectivity index (χ1v) is 6.38. The molecule has 0 saturated carbocycles. The lowest BCUT2D eigenvalue weighted by molar-refractivity contribution is -0.129. The van der Waals surface area contributed by atoms with Crippen LogP contribution in [0.2, 0.25) is 0 Å². The van der Waals surface area contributed by atoms with Crippen LogP contribution in [0.25, 0.3) is 0 Å². The van der Waals surface area contributed by atoms with Crippen molar-refractivity contribution >= 4 is 5.91 Å². The molecule has 1 fully saturated rings. The highest BCUT2D eigenvalue weighted by Crippen LogP contribution is 2.31. The van der Waals surface area contributed by atoms with Gasteiger partial charge in [0.2, 0.25) is 5.91 Å². The summed E-state index contributed by atoms with van der Waals surface area (Å²) >= 11 is 0. The third-order valence-electron chi connectivity index (χ3n) is 3.27. The average molecular weight is 248 g/mol. The van der Waals surface area contributed by atoms with Crippen molar-refractivity contribution in [3.8, 4) is 5.75 Å².